The summed E-state index contributed by atoms with van der Waals surface area (Å²) < 4.78 is 15.7. The van der Waals surface area contributed by atoms with E-state index in [0.717, 1.165) is 5.56 Å². The van der Waals surface area contributed by atoms with E-state index in [1.165, 1.54) is 19.0 Å². The highest BCUT2D eigenvalue weighted by Crippen LogP contribution is 2.25. The number of nitrogens with one attached hydrogen (secondary N) is 1. The second-order valence-electron chi connectivity index (χ2n) is 5.89. The zero-order valence-corrected chi connectivity index (χ0v) is 16.0. The highest BCUT2D eigenvalue weighted by atomic mass is 16.5. The zero-order chi connectivity index (χ0) is 20.6. The average Bonchev–Trinajstić information content (AvgIpc) is 3.20. The first-order valence-electron chi connectivity index (χ1n) is 8.76. The van der Waals surface area contributed by atoms with Gasteiger partial charge in [0.1, 0.15) is 30.4 Å². The quantitative estimate of drug-likeness (QED) is 0.553. The first kappa shape index (κ1) is 20.1. The van der Waals surface area contributed by atoms with Crippen LogP contribution in [-0.2, 0) is 11.3 Å². The molecule has 0 fully saturated rings. The first-order chi connectivity index (χ1) is 14.1. The molecule has 152 valence electrons. The van der Waals surface area contributed by atoms with Gasteiger partial charge in [-0.1, -0.05) is 0 Å². The second kappa shape index (κ2) is 9.51. The van der Waals surface area contributed by atoms with Gasteiger partial charge in [0, 0.05) is 29.4 Å². The molecule has 0 atom stereocenters. The average molecular weight is 399 g/mol. The minimum absolute atomic E-state index is 0.0533. The van der Waals surface area contributed by atoms with E-state index >= 15 is 0 Å². The number of carbonyl (C=O) groups excluding carboxylic acids is 1. The van der Waals surface area contributed by atoms with Crippen LogP contribution in [0.1, 0.15) is 0 Å². The van der Waals surface area contributed by atoms with Crippen LogP contribution in [0.15, 0.2) is 42.5 Å². The molecule has 1 heterocycles. The second-order valence-corrected chi connectivity index (χ2v) is 5.89. The molecule has 10 heteroatoms. The maximum absolute atomic E-state index is 12.3. The lowest BCUT2D eigenvalue weighted by atomic mass is 10.2. The van der Waals surface area contributed by atoms with Crippen molar-refractivity contribution in [3.63, 3.8) is 0 Å². The number of tetrazole rings is 1. The molecule has 0 saturated heterocycles. The highest BCUT2D eigenvalue weighted by Gasteiger charge is 2.11. The number of aromatic nitrogens is 4. The Labute approximate surface area is 167 Å². The molecular formula is C19H21N5O5. The lowest BCUT2D eigenvalue weighted by Gasteiger charge is -2.09. The van der Waals surface area contributed by atoms with Gasteiger partial charge in [0.15, 0.2) is 0 Å². The fourth-order valence-electron chi connectivity index (χ4n) is 2.50. The van der Waals surface area contributed by atoms with Crippen LogP contribution in [-0.4, -0.2) is 58.7 Å². The number of carbonyl (C=O) groups is 1. The molecule has 10 nitrogen and oxygen atoms in total. The molecule has 29 heavy (non-hydrogen) atoms. The van der Waals surface area contributed by atoms with E-state index in [0.29, 0.717) is 28.8 Å². The molecule has 0 aliphatic heterocycles. The van der Waals surface area contributed by atoms with Gasteiger partial charge in [-0.25, -0.2) is 0 Å². The highest BCUT2D eigenvalue weighted by molar-refractivity contribution is 5.90. The van der Waals surface area contributed by atoms with E-state index in [-0.39, 0.29) is 25.7 Å². The monoisotopic (exact) mass is 399 g/mol. The van der Waals surface area contributed by atoms with Gasteiger partial charge in [-0.2, -0.15) is 4.80 Å². The van der Waals surface area contributed by atoms with Crippen LogP contribution >= 0.6 is 0 Å². The van der Waals surface area contributed by atoms with Crippen molar-refractivity contribution in [2.75, 3.05) is 32.8 Å². The number of methoxy groups -OCH3 is 2. The van der Waals surface area contributed by atoms with Crippen LogP contribution < -0.4 is 19.5 Å². The fourth-order valence-corrected chi connectivity index (χ4v) is 2.50. The first-order valence-corrected chi connectivity index (χ1v) is 8.76. The maximum atomic E-state index is 12.3. The Kier molecular flexibility index (Phi) is 6.59. The number of anilines is 1. The number of aliphatic hydroxyl groups excluding tert-OH is 1. The predicted octanol–water partition coefficient (Wildman–Crippen LogP) is 1.37. The van der Waals surface area contributed by atoms with Gasteiger partial charge in [0.2, 0.25) is 11.7 Å². The molecule has 3 rings (SSSR count). The van der Waals surface area contributed by atoms with Gasteiger partial charge in [-0.15, -0.1) is 10.2 Å². The van der Waals surface area contributed by atoms with E-state index in [4.69, 9.17) is 19.3 Å². The van der Waals surface area contributed by atoms with Crippen molar-refractivity contribution < 1.29 is 24.1 Å². The Bertz CT molecular complexity index is 936. The molecular weight excluding hydrogens is 378 g/mol. The Balaban J connectivity index is 1.63. The van der Waals surface area contributed by atoms with Gasteiger partial charge in [0.05, 0.1) is 20.8 Å². The van der Waals surface area contributed by atoms with E-state index < -0.39 is 0 Å². The number of rotatable bonds is 9. The third-order valence-corrected chi connectivity index (χ3v) is 3.85. The molecule has 1 amide bonds. The smallest absolute Gasteiger partial charge is 0.248 e. The molecule has 3 aromatic rings. The number of hydrogen-bond acceptors (Lipinski definition) is 8. The summed E-state index contributed by atoms with van der Waals surface area (Å²) in [5.74, 6) is 1.81. The summed E-state index contributed by atoms with van der Waals surface area (Å²) in [6.45, 7) is 0.0640. The summed E-state index contributed by atoms with van der Waals surface area (Å²) in [5.41, 5.74) is 1.26. The molecule has 0 aliphatic rings. The van der Waals surface area contributed by atoms with E-state index in [9.17, 15) is 4.79 Å². The summed E-state index contributed by atoms with van der Waals surface area (Å²) in [7, 11) is 3.07. The van der Waals surface area contributed by atoms with Crippen LogP contribution in [0.25, 0.3) is 11.4 Å². The lowest BCUT2D eigenvalue weighted by Crippen LogP contribution is -2.20. The largest absolute Gasteiger partial charge is 0.497 e. The summed E-state index contributed by atoms with van der Waals surface area (Å²) in [6, 6.07) is 12.1. The minimum atomic E-state index is -0.322. The molecule has 0 unspecified atom stereocenters. The van der Waals surface area contributed by atoms with Crippen LogP contribution in [0, 0.1) is 0 Å². The lowest BCUT2D eigenvalue weighted by molar-refractivity contribution is -0.117. The number of aliphatic hydroxyl groups is 1. The van der Waals surface area contributed by atoms with Crippen LogP contribution in [0.3, 0.4) is 0 Å². The number of amides is 1. The van der Waals surface area contributed by atoms with Crippen LogP contribution in [0.4, 0.5) is 5.69 Å². The van der Waals surface area contributed by atoms with Gasteiger partial charge < -0.3 is 24.6 Å². The molecule has 0 aliphatic carbocycles. The third-order valence-electron chi connectivity index (χ3n) is 3.85. The van der Waals surface area contributed by atoms with Gasteiger partial charge in [-0.3, -0.25) is 4.79 Å². The molecule has 1 aromatic heterocycles. The SMILES string of the molecule is COc1cc(NC(=O)Cn2nnc(-c3ccc(OCCO)cc3)n2)cc(OC)c1. The molecule has 0 bridgehead atoms. The maximum Gasteiger partial charge on any atom is 0.248 e. The normalized spacial score (nSPS) is 10.4. The fraction of sp³-hybridized carbons (Fsp3) is 0.263. The summed E-state index contributed by atoms with van der Waals surface area (Å²) in [5, 5.41) is 23.6. The van der Waals surface area contributed by atoms with Crippen molar-refractivity contribution in [2.45, 2.75) is 6.54 Å². The Hall–Kier alpha value is -3.66. The molecule has 0 radical (unpaired) electrons. The summed E-state index contributed by atoms with van der Waals surface area (Å²) >= 11 is 0. The van der Waals surface area contributed by atoms with Crippen LogP contribution in [0.5, 0.6) is 17.2 Å². The number of nitrogens with zero attached hydrogens (tertiary/aromatic N) is 4. The van der Waals surface area contributed by atoms with E-state index in [1.807, 2.05) is 0 Å². The minimum Gasteiger partial charge on any atom is -0.497 e. The summed E-state index contributed by atoms with van der Waals surface area (Å²) in [4.78, 5) is 13.5. The van der Waals surface area contributed by atoms with Crippen molar-refractivity contribution in [1.82, 2.24) is 20.2 Å². The van der Waals surface area contributed by atoms with E-state index in [1.54, 1.807) is 42.5 Å². The molecule has 0 spiro atoms. The van der Waals surface area contributed by atoms with Crippen molar-refractivity contribution in [3.8, 4) is 28.6 Å². The van der Waals surface area contributed by atoms with Gasteiger partial charge in [0.25, 0.3) is 0 Å². The predicted molar refractivity (Wildman–Crippen MR) is 104 cm³/mol. The number of benzene rings is 2. The Morgan fingerprint density at radius 1 is 1.07 bits per heavy atom. The van der Waals surface area contributed by atoms with Crippen molar-refractivity contribution >= 4 is 11.6 Å². The van der Waals surface area contributed by atoms with Gasteiger partial charge in [-0.05, 0) is 29.5 Å². The molecule has 2 aromatic carbocycles. The molecule has 0 saturated carbocycles. The van der Waals surface area contributed by atoms with Crippen LogP contribution in [0.2, 0.25) is 0 Å². The number of ether oxygens (including phenoxy) is 3. The molecule has 2 N–H and O–H groups in total. The van der Waals surface area contributed by atoms with Gasteiger partial charge >= 0.3 is 0 Å². The van der Waals surface area contributed by atoms with Crippen molar-refractivity contribution in [2.24, 2.45) is 0 Å². The van der Waals surface area contributed by atoms with Crippen molar-refractivity contribution in [1.29, 1.82) is 0 Å². The zero-order valence-electron chi connectivity index (χ0n) is 16.0. The number of hydrogen-bond donors (Lipinski definition) is 2. The standard InChI is InChI=1S/C19H21N5O5/c1-27-16-9-14(10-17(11-16)28-2)20-18(26)12-24-22-19(21-23-24)13-3-5-15(6-4-13)29-8-7-25/h3-6,9-11,25H,7-8,12H2,1-2H3,(H,20,26). The topological polar surface area (TPSA) is 121 Å². The van der Waals surface area contributed by atoms with E-state index in [2.05, 4.69) is 20.7 Å². The van der Waals surface area contributed by atoms with Crippen molar-refractivity contribution in [3.05, 3.63) is 42.5 Å². The third kappa shape index (κ3) is 5.42. The Morgan fingerprint density at radius 2 is 1.76 bits per heavy atom. The summed E-state index contributed by atoms with van der Waals surface area (Å²) in [6.07, 6.45) is 0. The Morgan fingerprint density at radius 3 is 2.38 bits per heavy atom.